The Balaban J connectivity index is 1.91. The summed E-state index contributed by atoms with van der Waals surface area (Å²) in [4.78, 5) is 2.26. The molecule has 2 rings (SSSR count). The van der Waals surface area contributed by atoms with Gasteiger partial charge in [-0.05, 0) is 19.3 Å². The van der Waals surface area contributed by atoms with Crippen LogP contribution in [0.3, 0.4) is 0 Å². The molecule has 3 heteroatoms. The van der Waals surface area contributed by atoms with Crippen molar-refractivity contribution in [3.05, 3.63) is 0 Å². The van der Waals surface area contributed by atoms with Crippen molar-refractivity contribution in [2.75, 3.05) is 24.6 Å². The Labute approximate surface area is 72.0 Å². The third kappa shape index (κ3) is 1.42. The third-order valence-corrected chi connectivity index (χ3v) is 3.70. The number of aliphatic hydroxyl groups is 1. The zero-order chi connectivity index (χ0) is 7.73. The minimum Gasteiger partial charge on any atom is -0.376 e. The van der Waals surface area contributed by atoms with E-state index in [1.54, 1.807) is 0 Å². The summed E-state index contributed by atoms with van der Waals surface area (Å²) in [5, 5.41) is 9.95. The van der Waals surface area contributed by atoms with Crippen LogP contribution in [0.5, 0.6) is 0 Å². The van der Waals surface area contributed by atoms with Gasteiger partial charge in [-0.15, -0.1) is 0 Å². The van der Waals surface area contributed by atoms with E-state index in [-0.39, 0.29) is 5.72 Å². The molecule has 0 amide bonds. The predicted molar refractivity (Wildman–Crippen MR) is 47.7 cm³/mol. The fourth-order valence-corrected chi connectivity index (χ4v) is 2.69. The second kappa shape index (κ2) is 2.96. The number of thioether (sulfide) groups is 1. The van der Waals surface area contributed by atoms with Crippen molar-refractivity contribution < 1.29 is 5.11 Å². The van der Waals surface area contributed by atoms with Gasteiger partial charge in [-0.25, -0.2) is 0 Å². The van der Waals surface area contributed by atoms with Crippen LogP contribution in [0.1, 0.15) is 19.3 Å². The Kier molecular flexibility index (Phi) is 2.12. The molecule has 1 saturated carbocycles. The molecule has 0 radical (unpaired) electrons. The van der Waals surface area contributed by atoms with Gasteiger partial charge in [0.2, 0.25) is 0 Å². The summed E-state index contributed by atoms with van der Waals surface area (Å²) in [6, 6.07) is 0. The van der Waals surface area contributed by atoms with Crippen LogP contribution in [-0.4, -0.2) is 40.3 Å². The van der Waals surface area contributed by atoms with Gasteiger partial charge in [0.25, 0.3) is 0 Å². The van der Waals surface area contributed by atoms with Crippen molar-refractivity contribution in [3.8, 4) is 0 Å². The average Bonchev–Trinajstić information content (AvgIpc) is 2.02. The van der Waals surface area contributed by atoms with Gasteiger partial charge in [0, 0.05) is 24.6 Å². The molecule has 1 aliphatic carbocycles. The fraction of sp³-hybridized carbons (Fsp3) is 1.00. The zero-order valence-electron chi connectivity index (χ0n) is 6.75. The molecule has 0 spiro atoms. The molecular formula is C8H15NOS. The van der Waals surface area contributed by atoms with Crippen LogP contribution in [0.15, 0.2) is 0 Å². The van der Waals surface area contributed by atoms with Crippen molar-refractivity contribution in [1.29, 1.82) is 0 Å². The normalized spacial score (nSPS) is 31.4. The van der Waals surface area contributed by atoms with Crippen molar-refractivity contribution in [2.45, 2.75) is 25.0 Å². The maximum absolute atomic E-state index is 9.95. The average molecular weight is 173 g/mol. The van der Waals surface area contributed by atoms with E-state index in [0.717, 1.165) is 25.9 Å². The molecule has 0 aromatic rings. The smallest absolute Gasteiger partial charge is 0.118 e. The minimum atomic E-state index is -0.388. The first kappa shape index (κ1) is 7.90. The summed E-state index contributed by atoms with van der Waals surface area (Å²) in [6.45, 7) is 2.17. The highest BCUT2D eigenvalue weighted by molar-refractivity contribution is 7.99. The van der Waals surface area contributed by atoms with E-state index in [1.807, 2.05) is 11.8 Å². The van der Waals surface area contributed by atoms with Gasteiger partial charge in [0.1, 0.15) is 5.72 Å². The Hall–Kier alpha value is 0.270. The number of hydrogen-bond acceptors (Lipinski definition) is 3. The first-order valence-corrected chi connectivity index (χ1v) is 5.52. The second-order valence-electron chi connectivity index (χ2n) is 3.44. The Morgan fingerprint density at radius 1 is 1.18 bits per heavy atom. The molecule has 2 nitrogen and oxygen atoms in total. The van der Waals surface area contributed by atoms with E-state index in [4.69, 9.17) is 0 Å². The molecule has 1 N–H and O–H groups in total. The van der Waals surface area contributed by atoms with E-state index in [9.17, 15) is 5.11 Å². The Morgan fingerprint density at radius 2 is 1.82 bits per heavy atom. The molecule has 0 aromatic heterocycles. The second-order valence-corrected chi connectivity index (χ2v) is 4.66. The number of nitrogens with zero attached hydrogens (tertiary/aromatic N) is 1. The van der Waals surface area contributed by atoms with Gasteiger partial charge in [-0.2, -0.15) is 11.8 Å². The standard InChI is InChI=1S/C8H15NOS/c10-8(2-1-3-8)9-4-6-11-7-5-9/h10H,1-7H2. The van der Waals surface area contributed by atoms with Gasteiger partial charge >= 0.3 is 0 Å². The van der Waals surface area contributed by atoms with Gasteiger partial charge in [0.15, 0.2) is 0 Å². The highest BCUT2D eigenvalue weighted by Gasteiger charge is 2.40. The lowest BCUT2D eigenvalue weighted by Gasteiger charge is -2.47. The van der Waals surface area contributed by atoms with Crippen molar-refractivity contribution >= 4 is 11.8 Å². The first-order valence-electron chi connectivity index (χ1n) is 4.36. The van der Waals surface area contributed by atoms with E-state index in [1.165, 1.54) is 17.9 Å². The van der Waals surface area contributed by atoms with Crippen LogP contribution in [0.25, 0.3) is 0 Å². The molecule has 2 aliphatic rings. The highest BCUT2D eigenvalue weighted by atomic mass is 32.2. The van der Waals surface area contributed by atoms with Gasteiger partial charge in [-0.3, -0.25) is 4.90 Å². The molecule has 0 aromatic carbocycles. The summed E-state index contributed by atoms with van der Waals surface area (Å²) < 4.78 is 0. The van der Waals surface area contributed by atoms with Crippen LogP contribution in [-0.2, 0) is 0 Å². The molecule has 64 valence electrons. The zero-order valence-corrected chi connectivity index (χ0v) is 7.57. The molecule has 11 heavy (non-hydrogen) atoms. The maximum Gasteiger partial charge on any atom is 0.118 e. The Bertz CT molecular complexity index is 141. The number of rotatable bonds is 1. The molecule has 0 unspecified atom stereocenters. The first-order chi connectivity index (χ1) is 5.31. The predicted octanol–water partition coefficient (Wildman–Crippen LogP) is 0.908. The van der Waals surface area contributed by atoms with E-state index in [0.29, 0.717) is 0 Å². The summed E-state index contributed by atoms with van der Waals surface area (Å²) >= 11 is 2.00. The maximum atomic E-state index is 9.95. The lowest BCUT2D eigenvalue weighted by Crippen LogP contribution is -2.56. The SMILES string of the molecule is OC1(N2CCSCC2)CCC1. The minimum absolute atomic E-state index is 0.388. The monoisotopic (exact) mass is 173 g/mol. The largest absolute Gasteiger partial charge is 0.376 e. The number of hydrogen-bond donors (Lipinski definition) is 1. The lowest BCUT2D eigenvalue weighted by atomic mass is 9.86. The van der Waals surface area contributed by atoms with Crippen LogP contribution >= 0.6 is 11.8 Å². The van der Waals surface area contributed by atoms with E-state index >= 15 is 0 Å². The molecule has 0 atom stereocenters. The van der Waals surface area contributed by atoms with Crippen molar-refractivity contribution in [1.82, 2.24) is 4.90 Å². The quantitative estimate of drug-likeness (QED) is 0.637. The topological polar surface area (TPSA) is 23.5 Å². The Morgan fingerprint density at radius 3 is 2.27 bits per heavy atom. The fourth-order valence-electron chi connectivity index (χ4n) is 1.79. The van der Waals surface area contributed by atoms with Crippen molar-refractivity contribution in [2.24, 2.45) is 0 Å². The molecular weight excluding hydrogens is 158 g/mol. The summed E-state index contributed by atoms with van der Waals surface area (Å²) in [6.07, 6.45) is 3.20. The molecule has 1 aliphatic heterocycles. The van der Waals surface area contributed by atoms with Gasteiger partial charge in [-0.1, -0.05) is 0 Å². The summed E-state index contributed by atoms with van der Waals surface area (Å²) in [5.41, 5.74) is -0.388. The van der Waals surface area contributed by atoms with Crippen LogP contribution in [0.4, 0.5) is 0 Å². The van der Waals surface area contributed by atoms with E-state index in [2.05, 4.69) is 4.90 Å². The lowest BCUT2D eigenvalue weighted by molar-refractivity contribution is -0.158. The van der Waals surface area contributed by atoms with Gasteiger partial charge in [0.05, 0.1) is 0 Å². The molecule has 1 saturated heterocycles. The van der Waals surface area contributed by atoms with Crippen LogP contribution < -0.4 is 0 Å². The summed E-state index contributed by atoms with van der Waals surface area (Å²) in [7, 11) is 0. The van der Waals surface area contributed by atoms with Crippen molar-refractivity contribution in [3.63, 3.8) is 0 Å². The van der Waals surface area contributed by atoms with Gasteiger partial charge < -0.3 is 5.11 Å². The third-order valence-electron chi connectivity index (χ3n) is 2.75. The van der Waals surface area contributed by atoms with Crippen LogP contribution in [0, 0.1) is 0 Å². The molecule has 2 fully saturated rings. The van der Waals surface area contributed by atoms with Crippen LogP contribution in [0.2, 0.25) is 0 Å². The molecule has 0 bridgehead atoms. The van der Waals surface area contributed by atoms with E-state index < -0.39 is 0 Å². The summed E-state index contributed by atoms with van der Waals surface area (Å²) in [5.74, 6) is 2.39. The highest BCUT2D eigenvalue weighted by Crippen LogP contribution is 2.36. The molecule has 1 heterocycles.